The Kier molecular flexibility index (Phi) is 5.29. The van der Waals surface area contributed by atoms with Crippen molar-refractivity contribution in [3.63, 3.8) is 0 Å². The number of halogens is 2. The SMILES string of the molecule is CC1CC(NC(=O)c2ccc(Br)c(S(=O)(=O)Cl)c2)CCO1. The van der Waals surface area contributed by atoms with E-state index in [1.54, 1.807) is 6.07 Å². The van der Waals surface area contributed by atoms with Gasteiger partial charge in [-0.2, -0.15) is 0 Å². The van der Waals surface area contributed by atoms with Crippen LogP contribution in [0.15, 0.2) is 27.6 Å². The summed E-state index contributed by atoms with van der Waals surface area (Å²) in [7, 11) is 1.44. The average Bonchev–Trinajstić information content (AvgIpc) is 2.37. The van der Waals surface area contributed by atoms with Gasteiger partial charge in [-0.25, -0.2) is 8.42 Å². The number of benzene rings is 1. The predicted octanol–water partition coefficient (Wildman–Crippen LogP) is 2.67. The van der Waals surface area contributed by atoms with Crippen molar-refractivity contribution in [3.05, 3.63) is 28.2 Å². The van der Waals surface area contributed by atoms with Gasteiger partial charge < -0.3 is 10.1 Å². The van der Waals surface area contributed by atoms with E-state index in [2.05, 4.69) is 21.2 Å². The molecule has 8 heteroatoms. The van der Waals surface area contributed by atoms with Crippen molar-refractivity contribution in [2.24, 2.45) is 0 Å². The Bertz CT molecular complexity index is 650. The molecule has 116 valence electrons. The summed E-state index contributed by atoms with van der Waals surface area (Å²) >= 11 is 3.11. The quantitative estimate of drug-likeness (QED) is 0.797. The van der Waals surface area contributed by atoms with E-state index < -0.39 is 9.05 Å². The molecular weight excluding hydrogens is 382 g/mol. The molecule has 2 unspecified atom stereocenters. The summed E-state index contributed by atoms with van der Waals surface area (Å²) in [5.74, 6) is -0.317. The Hall–Kier alpha value is -0.630. The number of nitrogens with one attached hydrogen (secondary N) is 1. The van der Waals surface area contributed by atoms with Crippen molar-refractivity contribution in [2.75, 3.05) is 6.61 Å². The molecule has 2 rings (SSSR count). The molecule has 1 amide bonds. The van der Waals surface area contributed by atoms with Crippen molar-refractivity contribution in [1.82, 2.24) is 5.32 Å². The molecule has 2 atom stereocenters. The van der Waals surface area contributed by atoms with Crippen LogP contribution in [-0.2, 0) is 13.8 Å². The summed E-state index contributed by atoms with van der Waals surface area (Å²) in [4.78, 5) is 12.1. The lowest BCUT2D eigenvalue weighted by molar-refractivity contribution is 0.0136. The number of ether oxygens (including phenoxy) is 1. The van der Waals surface area contributed by atoms with Crippen LogP contribution in [0.2, 0.25) is 0 Å². The van der Waals surface area contributed by atoms with E-state index in [1.165, 1.54) is 12.1 Å². The van der Waals surface area contributed by atoms with Gasteiger partial charge in [0.1, 0.15) is 0 Å². The van der Waals surface area contributed by atoms with Gasteiger partial charge in [0.2, 0.25) is 0 Å². The van der Waals surface area contributed by atoms with Crippen LogP contribution in [0.1, 0.15) is 30.1 Å². The molecule has 0 spiro atoms. The summed E-state index contributed by atoms with van der Waals surface area (Å²) in [5, 5.41) is 2.89. The largest absolute Gasteiger partial charge is 0.378 e. The summed E-state index contributed by atoms with van der Waals surface area (Å²) in [6.45, 7) is 2.56. The molecule has 1 saturated heterocycles. The molecule has 1 aliphatic heterocycles. The number of carbonyl (C=O) groups is 1. The first-order valence-corrected chi connectivity index (χ1v) is 9.54. The highest BCUT2D eigenvalue weighted by molar-refractivity contribution is 9.10. The van der Waals surface area contributed by atoms with E-state index in [0.29, 0.717) is 11.1 Å². The molecule has 5 nitrogen and oxygen atoms in total. The smallest absolute Gasteiger partial charge is 0.262 e. The van der Waals surface area contributed by atoms with E-state index in [1.807, 2.05) is 6.92 Å². The van der Waals surface area contributed by atoms with Crippen molar-refractivity contribution in [2.45, 2.75) is 36.8 Å². The van der Waals surface area contributed by atoms with Gasteiger partial charge in [-0.3, -0.25) is 4.79 Å². The van der Waals surface area contributed by atoms with Crippen LogP contribution < -0.4 is 5.32 Å². The fourth-order valence-electron chi connectivity index (χ4n) is 2.23. The maximum atomic E-state index is 12.2. The topological polar surface area (TPSA) is 72.5 Å². The van der Waals surface area contributed by atoms with Gasteiger partial charge in [0.25, 0.3) is 15.0 Å². The van der Waals surface area contributed by atoms with E-state index in [4.69, 9.17) is 15.4 Å². The summed E-state index contributed by atoms with van der Waals surface area (Å²) < 4.78 is 28.6. The lowest BCUT2D eigenvalue weighted by Gasteiger charge is -2.28. The second kappa shape index (κ2) is 6.64. The molecule has 1 aromatic carbocycles. The van der Waals surface area contributed by atoms with Crippen LogP contribution in [0.5, 0.6) is 0 Å². The molecule has 1 aromatic rings. The van der Waals surface area contributed by atoms with Gasteiger partial charge in [-0.05, 0) is 53.9 Å². The number of rotatable bonds is 3. The van der Waals surface area contributed by atoms with Gasteiger partial charge in [0, 0.05) is 33.4 Å². The first-order chi connectivity index (χ1) is 9.77. The molecule has 21 heavy (non-hydrogen) atoms. The summed E-state index contributed by atoms with van der Waals surface area (Å²) in [5.41, 5.74) is 0.261. The molecule has 1 heterocycles. The van der Waals surface area contributed by atoms with Crippen LogP contribution in [-0.4, -0.2) is 33.1 Å². The third kappa shape index (κ3) is 4.42. The monoisotopic (exact) mass is 395 g/mol. The van der Waals surface area contributed by atoms with Gasteiger partial charge in [-0.15, -0.1) is 0 Å². The minimum Gasteiger partial charge on any atom is -0.378 e. The Labute approximate surface area is 136 Å². The molecule has 0 bridgehead atoms. The van der Waals surface area contributed by atoms with Crippen molar-refractivity contribution in [3.8, 4) is 0 Å². The van der Waals surface area contributed by atoms with Gasteiger partial charge in [-0.1, -0.05) is 0 Å². The van der Waals surface area contributed by atoms with E-state index in [-0.39, 0.29) is 28.5 Å². The van der Waals surface area contributed by atoms with Gasteiger partial charge in [0.05, 0.1) is 11.0 Å². The number of amides is 1. The Morgan fingerprint density at radius 2 is 2.19 bits per heavy atom. The van der Waals surface area contributed by atoms with Crippen molar-refractivity contribution >= 4 is 41.6 Å². The van der Waals surface area contributed by atoms with Crippen LogP contribution >= 0.6 is 26.6 Å². The maximum absolute atomic E-state index is 12.2. The summed E-state index contributed by atoms with van der Waals surface area (Å²) in [6.07, 6.45) is 1.59. The van der Waals surface area contributed by atoms with Crippen LogP contribution in [0.4, 0.5) is 0 Å². The molecule has 0 aliphatic carbocycles. The number of carbonyl (C=O) groups excluding carboxylic acids is 1. The average molecular weight is 397 g/mol. The predicted molar refractivity (Wildman–Crippen MR) is 83.1 cm³/mol. The molecule has 0 saturated carbocycles. The third-order valence-electron chi connectivity index (χ3n) is 3.28. The lowest BCUT2D eigenvalue weighted by atomic mass is 10.0. The van der Waals surface area contributed by atoms with E-state index in [0.717, 1.165) is 12.8 Å². The standard InChI is InChI=1S/C13H15BrClNO4S/c1-8-6-10(4-5-20-8)16-13(17)9-2-3-11(14)12(7-9)21(15,18)19/h2-3,7-8,10H,4-6H2,1H3,(H,16,17). The fourth-order valence-corrected chi connectivity index (χ4v) is 4.35. The second-order valence-corrected chi connectivity index (χ2v) is 8.35. The number of hydrogen-bond acceptors (Lipinski definition) is 4. The highest BCUT2D eigenvalue weighted by Gasteiger charge is 2.23. The molecule has 0 radical (unpaired) electrons. The first kappa shape index (κ1) is 16.7. The molecular formula is C13H15BrClNO4S. The normalized spacial score (nSPS) is 22.8. The van der Waals surface area contributed by atoms with Crippen molar-refractivity contribution in [1.29, 1.82) is 0 Å². The highest BCUT2D eigenvalue weighted by atomic mass is 79.9. The first-order valence-electron chi connectivity index (χ1n) is 6.44. The Balaban J connectivity index is 2.16. The highest BCUT2D eigenvalue weighted by Crippen LogP contribution is 2.26. The molecule has 0 aromatic heterocycles. The minimum absolute atomic E-state index is 0.0287. The second-order valence-electron chi connectivity index (χ2n) is 4.96. The lowest BCUT2D eigenvalue weighted by Crippen LogP contribution is -2.41. The van der Waals surface area contributed by atoms with E-state index in [9.17, 15) is 13.2 Å². The van der Waals surface area contributed by atoms with Gasteiger partial charge >= 0.3 is 0 Å². The number of hydrogen-bond donors (Lipinski definition) is 1. The zero-order valence-corrected chi connectivity index (χ0v) is 14.5. The van der Waals surface area contributed by atoms with Gasteiger partial charge in [0.15, 0.2) is 0 Å². The van der Waals surface area contributed by atoms with Crippen LogP contribution in [0.3, 0.4) is 0 Å². The molecule has 1 fully saturated rings. The molecule has 1 N–H and O–H groups in total. The minimum atomic E-state index is -3.91. The zero-order valence-electron chi connectivity index (χ0n) is 11.3. The molecule has 1 aliphatic rings. The fraction of sp³-hybridized carbons (Fsp3) is 0.462. The maximum Gasteiger partial charge on any atom is 0.262 e. The van der Waals surface area contributed by atoms with E-state index >= 15 is 0 Å². The third-order valence-corrected chi connectivity index (χ3v) is 5.59. The van der Waals surface area contributed by atoms with Crippen LogP contribution in [0.25, 0.3) is 0 Å². The Morgan fingerprint density at radius 1 is 1.48 bits per heavy atom. The van der Waals surface area contributed by atoms with Crippen LogP contribution in [0, 0.1) is 0 Å². The summed E-state index contributed by atoms with van der Waals surface area (Å²) in [6, 6.07) is 4.34. The Morgan fingerprint density at radius 3 is 2.81 bits per heavy atom. The zero-order chi connectivity index (χ0) is 15.6. The van der Waals surface area contributed by atoms with Crippen molar-refractivity contribution < 1.29 is 17.9 Å².